The molecule has 0 amide bonds. The summed E-state index contributed by atoms with van der Waals surface area (Å²) >= 11 is 1.43. The average Bonchev–Trinajstić information content (AvgIpc) is 3.36. The van der Waals surface area contributed by atoms with Gasteiger partial charge in [0.05, 0.1) is 11.2 Å². The molecule has 6 nitrogen and oxygen atoms in total. The number of para-hydroxylation sites is 1. The first-order valence-corrected chi connectivity index (χ1v) is 10.9. The summed E-state index contributed by atoms with van der Waals surface area (Å²) in [6, 6.07) is 14.9. The topological polar surface area (TPSA) is 67.7 Å². The van der Waals surface area contributed by atoms with Crippen LogP contribution in [0.4, 0.5) is 16.8 Å². The Balaban J connectivity index is 1.58. The van der Waals surface area contributed by atoms with E-state index in [0.29, 0.717) is 12.0 Å². The maximum absolute atomic E-state index is 4.88. The molecule has 1 saturated carbocycles. The van der Waals surface area contributed by atoms with Crippen molar-refractivity contribution in [3.63, 3.8) is 0 Å². The van der Waals surface area contributed by atoms with Crippen LogP contribution in [0.15, 0.2) is 48.7 Å². The van der Waals surface area contributed by atoms with Crippen molar-refractivity contribution in [1.29, 1.82) is 0 Å². The number of hydrogen-bond donors (Lipinski definition) is 2. The number of nitrogens with one attached hydrogen (secondary N) is 2. The summed E-state index contributed by atoms with van der Waals surface area (Å²) in [5.74, 6) is 1.49. The van der Waals surface area contributed by atoms with Crippen molar-refractivity contribution in [3.8, 4) is 5.69 Å². The van der Waals surface area contributed by atoms with Crippen molar-refractivity contribution in [2.24, 2.45) is 0 Å². The lowest BCUT2D eigenvalue weighted by Gasteiger charge is -2.24. The molecule has 7 heteroatoms. The Bertz CT molecular complexity index is 1110. The highest BCUT2D eigenvalue weighted by atomic mass is 32.1. The van der Waals surface area contributed by atoms with Crippen LogP contribution in [-0.2, 0) is 0 Å². The van der Waals surface area contributed by atoms with Gasteiger partial charge in [0.15, 0.2) is 5.82 Å². The molecule has 0 bridgehead atoms. The fraction of sp³-hybridized carbons (Fsp3) is 0.318. The first-order valence-electron chi connectivity index (χ1n) is 10.2. The molecule has 3 aromatic heterocycles. The van der Waals surface area contributed by atoms with Crippen LogP contribution in [-0.4, -0.2) is 25.0 Å². The van der Waals surface area contributed by atoms with Gasteiger partial charge in [-0.05, 0) is 55.6 Å². The van der Waals surface area contributed by atoms with Gasteiger partial charge in [-0.15, -0.1) is 0 Å². The van der Waals surface area contributed by atoms with Crippen molar-refractivity contribution in [2.75, 3.05) is 10.6 Å². The molecule has 1 aliphatic carbocycles. The Morgan fingerprint density at radius 2 is 1.86 bits per heavy atom. The number of aryl methyl sites for hydroxylation is 1. The maximum Gasteiger partial charge on any atom is 0.230 e. The molecule has 0 aliphatic heterocycles. The van der Waals surface area contributed by atoms with Gasteiger partial charge in [0.25, 0.3) is 0 Å². The second kappa shape index (κ2) is 7.83. The van der Waals surface area contributed by atoms with Crippen LogP contribution in [0.2, 0.25) is 0 Å². The van der Waals surface area contributed by atoms with Gasteiger partial charge >= 0.3 is 0 Å². The van der Waals surface area contributed by atoms with E-state index in [2.05, 4.69) is 56.1 Å². The third-order valence-electron chi connectivity index (χ3n) is 5.38. The van der Waals surface area contributed by atoms with Crippen molar-refractivity contribution in [2.45, 2.75) is 45.1 Å². The quantitative estimate of drug-likeness (QED) is 0.448. The van der Waals surface area contributed by atoms with Crippen molar-refractivity contribution in [1.82, 2.24) is 18.9 Å². The monoisotopic (exact) mass is 404 g/mol. The lowest BCUT2D eigenvalue weighted by atomic mass is 9.95. The third kappa shape index (κ3) is 3.82. The van der Waals surface area contributed by atoms with E-state index < -0.39 is 0 Å². The van der Waals surface area contributed by atoms with E-state index in [1.165, 1.54) is 43.6 Å². The first-order chi connectivity index (χ1) is 14.3. The van der Waals surface area contributed by atoms with Gasteiger partial charge in [-0.3, -0.25) is 0 Å². The van der Waals surface area contributed by atoms with Crippen LogP contribution in [0.1, 0.15) is 37.8 Å². The van der Waals surface area contributed by atoms with Crippen LogP contribution in [0.3, 0.4) is 0 Å². The zero-order chi connectivity index (χ0) is 19.6. The number of fused-ring (bicyclic) bond motifs is 1. The van der Waals surface area contributed by atoms with Gasteiger partial charge in [-0.25, -0.2) is 4.98 Å². The van der Waals surface area contributed by atoms with Crippen LogP contribution in [0.25, 0.3) is 16.7 Å². The molecule has 3 heterocycles. The summed E-state index contributed by atoms with van der Waals surface area (Å²) in [5.41, 5.74) is 4.05. The molecular formula is C22H24N6S. The number of aromatic nitrogens is 4. The number of benzene rings is 1. The molecule has 2 N–H and O–H groups in total. The maximum atomic E-state index is 4.88. The summed E-state index contributed by atoms with van der Waals surface area (Å²) < 4.78 is 6.51. The highest BCUT2D eigenvalue weighted by Gasteiger charge is 2.19. The predicted octanol–water partition coefficient (Wildman–Crippen LogP) is 5.67. The molecule has 0 atom stereocenters. The zero-order valence-electron chi connectivity index (χ0n) is 16.4. The average molecular weight is 405 g/mol. The molecule has 0 radical (unpaired) electrons. The molecule has 148 valence electrons. The first kappa shape index (κ1) is 18.1. The van der Waals surface area contributed by atoms with Gasteiger partial charge in [0, 0.05) is 17.9 Å². The molecule has 0 saturated heterocycles. The Hall–Kier alpha value is -2.93. The van der Waals surface area contributed by atoms with E-state index in [-0.39, 0.29) is 0 Å². The second-order valence-electron chi connectivity index (χ2n) is 7.59. The zero-order valence-corrected chi connectivity index (χ0v) is 17.2. The Morgan fingerprint density at radius 1 is 1.03 bits per heavy atom. The summed E-state index contributed by atoms with van der Waals surface area (Å²) in [6.07, 6.45) is 8.33. The molecule has 1 aliphatic rings. The number of anilines is 3. The van der Waals surface area contributed by atoms with Crippen LogP contribution in [0, 0.1) is 6.92 Å². The third-order valence-corrected chi connectivity index (χ3v) is 6.17. The van der Waals surface area contributed by atoms with E-state index in [1.807, 2.05) is 19.1 Å². The molecule has 29 heavy (non-hydrogen) atoms. The molecule has 5 rings (SSSR count). The SMILES string of the molecule is Cc1cc(Nc2nc(NC3CCCCC3)c3c(ccn3-c3ccccc3)n2)sn1. The van der Waals surface area contributed by atoms with Crippen molar-refractivity contribution in [3.05, 3.63) is 54.4 Å². The van der Waals surface area contributed by atoms with E-state index in [9.17, 15) is 0 Å². The number of hydrogen-bond acceptors (Lipinski definition) is 6. The summed E-state index contributed by atoms with van der Waals surface area (Å²) in [6.45, 7) is 1.99. The van der Waals surface area contributed by atoms with E-state index in [4.69, 9.17) is 9.97 Å². The number of rotatable bonds is 5. The van der Waals surface area contributed by atoms with Crippen LogP contribution < -0.4 is 10.6 Å². The van der Waals surface area contributed by atoms with E-state index >= 15 is 0 Å². The smallest absolute Gasteiger partial charge is 0.230 e. The van der Waals surface area contributed by atoms with E-state index in [0.717, 1.165) is 33.2 Å². The molecular weight excluding hydrogens is 380 g/mol. The highest BCUT2D eigenvalue weighted by molar-refractivity contribution is 7.10. The number of nitrogens with zero attached hydrogens (tertiary/aromatic N) is 4. The molecule has 1 fully saturated rings. The van der Waals surface area contributed by atoms with Gasteiger partial charge < -0.3 is 15.2 Å². The van der Waals surface area contributed by atoms with Gasteiger partial charge in [0.2, 0.25) is 5.95 Å². The summed E-state index contributed by atoms with van der Waals surface area (Å²) in [5, 5.41) is 8.01. The van der Waals surface area contributed by atoms with Crippen LogP contribution >= 0.6 is 11.5 Å². The van der Waals surface area contributed by atoms with Crippen molar-refractivity contribution >= 4 is 39.3 Å². The molecule has 1 aromatic carbocycles. The van der Waals surface area contributed by atoms with Gasteiger partial charge in [0.1, 0.15) is 10.5 Å². The lowest BCUT2D eigenvalue weighted by molar-refractivity contribution is 0.462. The minimum absolute atomic E-state index is 0.458. The molecule has 4 aromatic rings. The second-order valence-corrected chi connectivity index (χ2v) is 8.39. The summed E-state index contributed by atoms with van der Waals surface area (Å²) in [7, 11) is 0. The van der Waals surface area contributed by atoms with Gasteiger partial charge in [-0.1, -0.05) is 37.5 Å². The standard InChI is InChI=1S/C22H24N6S/c1-15-14-19(29-27-15)25-22-24-18-12-13-28(17-10-6-3-7-11-17)20(18)21(26-22)23-16-8-4-2-5-9-16/h3,6-7,10-14,16H,2,4-5,8-9H2,1H3,(H2,23,24,25,26). The Labute approximate surface area is 174 Å². The van der Waals surface area contributed by atoms with Gasteiger partial charge in [-0.2, -0.15) is 9.36 Å². The molecule has 0 spiro atoms. The van der Waals surface area contributed by atoms with Crippen LogP contribution in [0.5, 0.6) is 0 Å². The minimum Gasteiger partial charge on any atom is -0.365 e. The van der Waals surface area contributed by atoms with E-state index in [1.54, 1.807) is 0 Å². The van der Waals surface area contributed by atoms with Crippen molar-refractivity contribution < 1.29 is 0 Å². The lowest BCUT2D eigenvalue weighted by Crippen LogP contribution is -2.23. The fourth-order valence-electron chi connectivity index (χ4n) is 3.98. The fourth-order valence-corrected chi connectivity index (χ4v) is 4.63. The Morgan fingerprint density at radius 3 is 2.62 bits per heavy atom. The molecule has 0 unspecified atom stereocenters. The Kier molecular flexibility index (Phi) is 4.89. The normalized spacial score (nSPS) is 14.9. The highest BCUT2D eigenvalue weighted by Crippen LogP contribution is 2.30. The largest absolute Gasteiger partial charge is 0.365 e. The predicted molar refractivity (Wildman–Crippen MR) is 119 cm³/mol. The summed E-state index contributed by atoms with van der Waals surface area (Å²) in [4.78, 5) is 9.66. The minimum atomic E-state index is 0.458.